The number of halogens is 1. The molecule has 2 fully saturated rings. The molecule has 0 radical (unpaired) electrons. The first-order valence-electron chi connectivity index (χ1n) is 10.9. The van der Waals surface area contributed by atoms with Crippen molar-refractivity contribution in [3.05, 3.63) is 35.9 Å². The standard InChI is InChI=1S/C23H38N4.HI/c1-4-24-22(25-19-23(2,3)16-20-10-6-5-7-11-20)27-15-12-21(18-27)17-26-13-8-9-14-26;/h5-7,10-11,21H,4,8-9,12-19H2,1-3H3,(H,24,25);1H. The van der Waals surface area contributed by atoms with E-state index in [0.29, 0.717) is 0 Å². The van der Waals surface area contributed by atoms with E-state index >= 15 is 0 Å². The van der Waals surface area contributed by atoms with Gasteiger partial charge in [-0.2, -0.15) is 0 Å². The van der Waals surface area contributed by atoms with Gasteiger partial charge in [0.25, 0.3) is 0 Å². The molecule has 5 heteroatoms. The summed E-state index contributed by atoms with van der Waals surface area (Å²) in [7, 11) is 0. The van der Waals surface area contributed by atoms with Crippen LogP contribution >= 0.6 is 24.0 Å². The van der Waals surface area contributed by atoms with Crippen molar-refractivity contribution in [3.8, 4) is 0 Å². The molecular formula is C23H39IN4. The van der Waals surface area contributed by atoms with Crippen molar-refractivity contribution in [2.24, 2.45) is 16.3 Å². The zero-order chi connectivity index (χ0) is 19.1. The minimum absolute atomic E-state index is 0. The summed E-state index contributed by atoms with van der Waals surface area (Å²) in [5.41, 5.74) is 1.56. The Morgan fingerprint density at radius 1 is 1.14 bits per heavy atom. The van der Waals surface area contributed by atoms with Crippen molar-refractivity contribution < 1.29 is 0 Å². The zero-order valence-electron chi connectivity index (χ0n) is 18.0. The minimum atomic E-state index is 0. The highest BCUT2D eigenvalue weighted by atomic mass is 127. The molecule has 2 aliphatic heterocycles. The third kappa shape index (κ3) is 7.21. The molecule has 0 bridgehead atoms. The predicted molar refractivity (Wildman–Crippen MR) is 131 cm³/mol. The molecule has 0 aliphatic carbocycles. The molecule has 1 aromatic rings. The van der Waals surface area contributed by atoms with Gasteiger partial charge < -0.3 is 15.1 Å². The van der Waals surface area contributed by atoms with Gasteiger partial charge in [0, 0.05) is 32.7 Å². The Balaban J connectivity index is 0.00000280. The predicted octanol–water partition coefficient (Wildman–Crippen LogP) is 4.26. The number of aliphatic imine (C=N–C) groups is 1. The topological polar surface area (TPSA) is 30.9 Å². The Kier molecular flexibility index (Phi) is 9.54. The van der Waals surface area contributed by atoms with Gasteiger partial charge in [0.2, 0.25) is 0 Å². The average Bonchev–Trinajstić information content (AvgIpc) is 3.32. The van der Waals surface area contributed by atoms with E-state index in [-0.39, 0.29) is 29.4 Å². The third-order valence-electron chi connectivity index (χ3n) is 5.82. The molecule has 1 N–H and O–H groups in total. The van der Waals surface area contributed by atoms with E-state index in [9.17, 15) is 0 Å². The first kappa shape index (κ1) is 23.5. The molecular weight excluding hydrogens is 459 g/mol. The van der Waals surface area contributed by atoms with Crippen molar-refractivity contribution in [1.29, 1.82) is 0 Å². The number of nitrogens with one attached hydrogen (secondary N) is 1. The summed E-state index contributed by atoms with van der Waals surface area (Å²) in [5.74, 6) is 1.91. The first-order valence-corrected chi connectivity index (χ1v) is 10.9. The van der Waals surface area contributed by atoms with Crippen LogP contribution in [0.3, 0.4) is 0 Å². The first-order chi connectivity index (χ1) is 13.1. The maximum absolute atomic E-state index is 5.05. The number of nitrogens with zero attached hydrogens (tertiary/aromatic N) is 3. The van der Waals surface area contributed by atoms with E-state index in [2.05, 4.69) is 66.2 Å². The van der Waals surface area contributed by atoms with Crippen molar-refractivity contribution >= 4 is 29.9 Å². The maximum Gasteiger partial charge on any atom is 0.193 e. The largest absolute Gasteiger partial charge is 0.357 e. The van der Waals surface area contributed by atoms with Crippen LogP contribution in [0, 0.1) is 11.3 Å². The van der Waals surface area contributed by atoms with Crippen molar-refractivity contribution in [2.45, 2.75) is 46.5 Å². The van der Waals surface area contributed by atoms with Gasteiger partial charge in [-0.1, -0.05) is 44.2 Å². The van der Waals surface area contributed by atoms with E-state index < -0.39 is 0 Å². The molecule has 3 rings (SSSR count). The summed E-state index contributed by atoms with van der Waals surface area (Å²) in [6.07, 6.45) is 5.14. The second kappa shape index (κ2) is 11.4. The fourth-order valence-electron chi connectivity index (χ4n) is 4.42. The van der Waals surface area contributed by atoms with Crippen LogP contribution in [0.2, 0.25) is 0 Å². The Labute approximate surface area is 189 Å². The third-order valence-corrected chi connectivity index (χ3v) is 5.82. The molecule has 1 atom stereocenters. The van der Waals surface area contributed by atoms with Crippen LogP contribution in [0.1, 0.15) is 45.6 Å². The molecule has 0 spiro atoms. The summed E-state index contributed by atoms with van der Waals surface area (Å²) in [4.78, 5) is 10.2. The molecule has 158 valence electrons. The molecule has 2 saturated heterocycles. The van der Waals surface area contributed by atoms with Gasteiger partial charge in [0.1, 0.15) is 0 Å². The normalized spacial score (nSPS) is 21.0. The summed E-state index contributed by atoms with van der Waals surface area (Å²) < 4.78 is 0. The Morgan fingerprint density at radius 2 is 1.86 bits per heavy atom. The number of benzene rings is 1. The zero-order valence-corrected chi connectivity index (χ0v) is 20.3. The molecule has 28 heavy (non-hydrogen) atoms. The van der Waals surface area contributed by atoms with E-state index in [1.165, 1.54) is 44.5 Å². The molecule has 1 aromatic carbocycles. The number of rotatable bonds is 7. The molecule has 0 amide bonds. The van der Waals surface area contributed by atoms with Crippen LogP contribution in [0.5, 0.6) is 0 Å². The maximum atomic E-state index is 5.05. The van der Waals surface area contributed by atoms with Crippen molar-refractivity contribution in [2.75, 3.05) is 45.8 Å². The number of guanidine groups is 1. The molecule has 0 aromatic heterocycles. The Hall–Kier alpha value is -0.820. The smallest absolute Gasteiger partial charge is 0.193 e. The number of likely N-dealkylation sites (tertiary alicyclic amines) is 2. The average molecular weight is 498 g/mol. The van der Waals surface area contributed by atoms with Crippen LogP contribution in [-0.2, 0) is 6.42 Å². The number of hydrogen-bond donors (Lipinski definition) is 1. The van der Waals surface area contributed by atoms with E-state index in [4.69, 9.17) is 4.99 Å². The fraction of sp³-hybridized carbons (Fsp3) is 0.696. The SMILES string of the molecule is CCNC(=NCC(C)(C)Cc1ccccc1)N1CCC(CN2CCCC2)C1.I. The van der Waals surface area contributed by atoms with E-state index in [0.717, 1.165) is 44.5 Å². The van der Waals surface area contributed by atoms with Gasteiger partial charge in [-0.05, 0) is 62.6 Å². The quantitative estimate of drug-likeness (QED) is 0.347. The molecule has 0 saturated carbocycles. The highest BCUT2D eigenvalue weighted by Gasteiger charge is 2.28. The highest BCUT2D eigenvalue weighted by molar-refractivity contribution is 14.0. The fourth-order valence-corrected chi connectivity index (χ4v) is 4.42. The van der Waals surface area contributed by atoms with E-state index in [1.54, 1.807) is 0 Å². The van der Waals surface area contributed by atoms with Crippen LogP contribution in [0.15, 0.2) is 35.3 Å². The summed E-state index contributed by atoms with van der Waals surface area (Å²) in [5, 5.41) is 3.54. The second-order valence-corrected chi connectivity index (χ2v) is 9.11. The van der Waals surface area contributed by atoms with Gasteiger partial charge >= 0.3 is 0 Å². The van der Waals surface area contributed by atoms with Crippen molar-refractivity contribution in [1.82, 2.24) is 15.1 Å². The highest BCUT2D eigenvalue weighted by Crippen LogP contribution is 2.23. The lowest BCUT2D eigenvalue weighted by molar-refractivity contribution is 0.281. The summed E-state index contributed by atoms with van der Waals surface area (Å²) in [6, 6.07) is 10.8. The number of hydrogen-bond acceptors (Lipinski definition) is 2. The lowest BCUT2D eigenvalue weighted by Gasteiger charge is -2.26. The van der Waals surface area contributed by atoms with Crippen LogP contribution in [-0.4, -0.2) is 61.6 Å². The summed E-state index contributed by atoms with van der Waals surface area (Å²) in [6.45, 7) is 14.8. The lowest BCUT2D eigenvalue weighted by Crippen LogP contribution is -2.41. The molecule has 4 nitrogen and oxygen atoms in total. The molecule has 2 aliphatic rings. The van der Waals surface area contributed by atoms with Crippen molar-refractivity contribution in [3.63, 3.8) is 0 Å². The van der Waals surface area contributed by atoms with Gasteiger partial charge in [0.05, 0.1) is 0 Å². The van der Waals surface area contributed by atoms with Crippen LogP contribution in [0.25, 0.3) is 0 Å². The van der Waals surface area contributed by atoms with Crippen LogP contribution in [0.4, 0.5) is 0 Å². The molecule has 2 heterocycles. The summed E-state index contributed by atoms with van der Waals surface area (Å²) >= 11 is 0. The minimum Gasteiger partial charge on any atom is -0.357 e. The van der Waals surface area contributed by atoms with Gasteiger partial charge in [-0.15, -0.1) is 24.0 Å². The second-order valence-electron chi connectivity index (χ2n) is 9.11. The van der Waals surface area contributed by atoms with E-state index in [1.807, 2.05) is 0 Å². The Morgan fingerprint density at radius 3 is 2.54 bits per heavy atom. The van der Waals surface area contributed by atoms with Gasteiger partial charge in [-0.25, -0.2) is 0 Å². The molecule has 1 unspecified atom stereocenters. The van der Waals surface area contributed by atoms with Gasteiger partial charge in [-0.3, -0.25) is 4.99 Å². The lowest BCUT2D eigenvalue weighted by atomic mass is 9.86. The van der Waals surface area contributed by atoms with Gasteiger partial charge in [0.15, 0.2) is 5.96 Å². The monoisotopic (exact) mass is 498 g/mol. The Bertz CT molecular complexity index is 596. The van der Waals surface area contributed by atoms with Crippen LogP contribution < -0.4 is 5.32 Å².